The van der Waals surface area contributed by atoms with Gasteiger partial charge in [-0.2, -0.15) is 0 Å². The molecular weight excluding hydrogens is 242 g/mol. The van der Waals surface area contributed by atoms with Crippen LogP contribution < -0.4 is 10.6 Å². The zero-order chi connectivity index (χ0) is 13.9. The van der Waals surface area contributed by atoms with Gasteiger partial charge < -0.3 is 20.3 Å². The maximum atomic E-state index is 12.0. The first-order chi connectivity index (χ1) is 8.94. The average Bonchev–Trinajstić information content (AvgIpc) is 2.77. The third-order valence-electron chi connectivity index (χ3n) is 3.65. The minimum absolute atomic E-state index is 0.179. The van der Waals surface area contributed by atoms with Crippen LogP contribution in [-0.4, -0.2) is 54.9 Å². The average molecular weight is 269 g/mol. The van der Waals surface area contributed by atoms with Gasteiger partial charge in [0.25, 0.3) is 0 Å². The van der Waals surface area contributed by atoms with Gasteiger partial charge in [0.2, 0.25) is 0 Å². The van der Waals surface area contributed by atoms with Gasteiger partial charge in [-0.15, -0.1) is 0 Å². The van der Waals surface area contributed by atoms with Crippen molar-refractivity contribution in [2.24, 2.45) is 0 Å². The van der Waals surface area contributed by atoms with E-state index < -0.39 is 5.60 Å². The lowest BCUT2D eigenvalue weighted by molar-refractivity contribution is 0.0290. The fourth-order valence-corrected chi connectivity index (χ4v) is 2.71. The first kappa shape index (κ1) is 14.6. The van der Waals surface area contributed by atoms with Crippen molar-refractivity contribution in [1.29, 1.82) is 0 Å². The Labute approximate surface area is 116 Å². The lowest BCUT2D eigenvalue weighted by atomic mass is 10.1. The number of piperidine rings is 1. The van der Waals surface area contributed by atoms with Crippen molar-refractivity contribution < 1.29 is 9.53 Å². The fraction of sp³-hybridized carbons (Fsp3) is 0.929. The molecule has 2 heterocycles. The number of carbonyl (C=O) groups is 1. The van der Waals surface area contributed by atoms with Gasteiger partial charge in [-0.25, -0.2) is 4.79 Å². The molecule has 1 unspecified atom stereocenters. The van der Waals surface area contributed by atoms with Crippen LogP contribution in [0.4, 0.5) is 4.79 Å². The van der Waals surface area contributed by atoms with Crippen LogP contribution in [0, 0.1) is 0 Å². The number of nitrogens with zero attached hydrogens (tertiary/aromatic N) is 1. The molecule has 0 aromatic rings. The molecule has 2 aliphatic rings. The van der Waals surface area contributed by atoms with Crippen molar-refractivity contribution in [3.8, 4) is 0 Å². The molecule has 0 bridgehead atoms. The molecule has 0 radical (unpaired) electrons. The van der Waals surface area contributed by atoms with Crippen LogP contribution in [-0.2, 0) is 4.74 Å². The number of hydrogen-bond donors (Lipinski definition) is 2. The summed E-state index contributed by atoms with van der Waals surface area (Å²) in [5.41, 5.74) is -0.405. The normalized spacial score (nSPS) is 25.6. The molecule has 0 aliphatic carbocycles. The van der Waals surface area contributed by atoms with E-state index in [2.05, 4.69) is 10.6 Å². The molecule has 1 amide bonds. The van der Waals surface area contributed by atoms with Gasteiger partial charge in [0.05, 0.1) is 0 Å². The van der Waals surface area contributed by atoms with Crippen LogP contribution in [0.5, 0.6) is 0 Å². The Morgan fingerprint density at radius 1 is 1.21 bits per heavy atom. The maximum absolute atomic E-state index is 12.0. The van der Waals surface area contributed by atoms with Crippen molar-refractivity contribution >= 4 is 6.09 Å². The molecule has 0 saturated carbocycles. The van der Waals surface area contributed by atoms with Crippen molar-refractivity contribution in [2.45, 2.75) is 57.7 Å². The first-order valence-corrected chi connectivity index (χ1v) is 7.39. The third kappa shape index (κ3) is 4.66. The Hall–Kier alpha value is -0.810. The molecule has 2 N–H and O–H groups in total. The summed E-state index contributed by atoms with van der Waals surface area (Å²) in [5.74, 6) is 0. The van der Waals surface area contributed by atoms with Crippen molar-refractivity contribution in [2.75, 3.05) is 26.2 Å². The van der Waals surface area contributed by atoms with E-state index in [-0.39, 0.29) is 6.09 Å². The summed E-state index contributed by atoms with van der Waals surface area (Å²) < 4.78 is 5.41. The van der Waals surface area contributed by atoms with Gasteiger partial charge in [0.15, 0.2) is 0 Å². The number of nitrogens with one attached hydrogen (secondary N) is 2. The summed E-state index contributed by atoms with van der Waals surface area (Å²) in [7, 11) is 0. The second-order valence-corrected chi connectivity index (χ2v) is 6.60. The maximum Gasteiger partial charge on any atom is 0.410 e. The molecular formula is C14H27N3O2. The number of ether oxygens (including phenoxy) is 1. The van der Waals surface area contributed by atoms with Crippen LogP contribution in [0.3, 0.4) is 0 Å². The van der Waals surface area contributed by atoms with E-state index in [9.17, 15) is 4.79 Å². The largest absolute Gasteiger partial charge is 0.444 e. The zero-order valence-electron chi connectivity index (χ0n) is 12.4. The Balaban J connectivity index is 1.74. The number of hydrogen-bond acceptors (Lipinski definition) is 4. The fourth-order valence-electron chi connectivity index (χ4n) is 2.71. The molecule has 5 heteroatoms. The first-order valence-electron chi connectivity index (χ1n) is 7.39. The van der Waals surface area contributed by atoms with E-state index in [0.717, 1.165) is 32.6 Å². The van der Waals surface area contributed by atoms with Gasteiger partial charge in [-0.3, -0.25) is 0 Å². The molecule has 0 aromatic carbocycles. The Bertz CT molecular complexity index is 308. The van der Waals surface area contributed by atoms with Crippen LogP contribution in [0.1, 0.15) is 40.0 Å². The molecule has 1 atom stereocenters. The highest BCUT2D eigenvalue weighted by Gasteiger charge is 2.30. The molecule has 5 nitrogen and oxygen atoms in total. The highest BCUT2D eigenvalue weighted by Crippen LogP contribution is 2.16. The number of carbonyl (C=O) groups excluding carboxylic acids is 1. The van der Waals surface area contributed by atoms with Crippen molar-refractivity contribution in [1.82, 2.24) is 15.5 Å². The third-order valence-corrected chi connectivity index (χ3v) is 3.65. The van der Waals surface area contributed by atoms with Crippen LogP contribution in [0.15, 0.2) is 0 Å². The van der Waals surface area contributed by atoms with Crippen molar-refractivity contribution in [3.05, 3.63) is 0 Å². The van der Waals surface area contributed by atoms with E-state index in [1.54, 1.807) is 0 Å². The molecule has 2 fully saturated rings. The molecule has 0 aromatic heterocycles. The molecule has 0 spiro atoms. The summed E-state index contributed by atoms with van der Waals surface area (Å²) in [6.45, 7) is 9.50. The second-order valence-electron chi connectivity index (χ2n) is 6.60. The Kier molecular flexibility index (Phi) is 4.68. The van der Waals surface area contributed by atoms with Crippen molar-refractivity contribution in [3.63, 3.8) is 0 Å². The molecule has 110 valence electrons. The number of likely N-dealkylation sites (tertiary alicyclic amines) is 1. The standard InChI is InChI=1S/C14H27N3O2/c1-14(2,3)19-13(18)17-9-6-12(10-17)16-11-4-7-15-8-5-11/h11-12,15-16H,4-10H2,1-3H3. The van der Waals surface area contributed by atoms with Gasteiger partial charge in [0, 0.05) is 25.2 Å². The summed E-state index contributed by atoms with van der Waals surface area (Å²) >= 11 is 0. The highest BCUT2D eigenvalue weighted by atomic mass is 16.6. The Morgan fingerprint density at radius 2 is 1.89 bits per heavy atom. The second kappa shape index (κ2) is 6.09. The molecule has 2 saturated heterocycles. The SMILES string of the molecule is CC(C)(C)OC(=O)N1CCC(NC2CCNCC2)C1. The zero-order valence-corrected chi connectivity index (χ0v) is 12.4. The predicted octanol–water partition coefficient (Wildman–Crippen LogP) is 1.34. The quantitative estimate of drug-likeness (QED) is 0.794. The lowest BCUT2D eigenvalue weighted by Crippen LogP contribution is -2.46. The van der Waals surface area contributed by atoms with Gasteiger partial charge in [0.1, 0.15) is 5.60 Å². The summed E-state index contributed by atoms with van der Waals surface area (Å²) in [6, 6.07) is 1.03. The monoisotopic (exact) mass is 269 g/mol. The molecule has 2 aliphatic heterocycles. The molecule has 19 heavy (non-hydrogen) atoms. The van der Waals surface area contributed by atoms with E-state index in [1.807, 2.05) is 25.7 Å². The van der Waals surface area contributed by atoms with E-state index >= 15 is 0 Å². The van der Waals surface area contributed by atoms with Crippen LogP contribution >= 0.6 is 0 Å². The smallest absolute Gasteiger partial charge is 0.410 e. The molecule has 2 rings (SSSR count). The van der Waals surface area contributed by atoms with E-state index in [0.29, 0.717) is 12.1 Å². The lowest BCUT2D eigenvalue weighted by Gasteiger charge is -2.27. The van der Waals surface area contributed by atoms with Gasteiger partial charge >= 0.3 is 6.09 Å². The minimum atomic E-state index is -0.405. The number of rotatable bonds is 2. The minimum Gasteiger partial charge on any atom is -0.444 e. The van der Waals surface area contributed by atoms with E-state index in [1.165, 1.54) is 12.8 Å². The summed E-state index contributed by atoms with van der Waals surface area (Å²) in [4.78, 5) is 13.8. The summed E-state index contributed by atoms with van der Waals surface area (Å²) in [6.07, 6.45) is 3.22. The van der Waals surface area contributed by atoms with Gasteiger partial charge in [-0.1, -0.05) is 0 Å². The Morgan fingerprint density at radius 3 is 2.53 bits per heavy atom. The highest BCUT2D eigenvalue weighted by molar-refractivity contribution is 5.68. The van der Waals surface area contributed by atoms with Crippen LogP contribution in [0.25, 0.3) is 0 Å². The number of amides is 1. The van der Waals surface area contributed by atoms with Gasteiger partial charge in [-0.05, 0) is 53.1 Å². The topological polar surface area (TPSA) is 53.6 Å². The van der Waals surface area contributed by atoms with E-state index in [4.69, 9.17) is 4.74 Å². The predicted molar refractivity (Wildman–Crippen MR) is 75.2 cm³/mol. The van der Waals surface area contributed by atoms with Crippen LogP contribution in [0.2, 0.25) is 0 Å². The summed E-state index contributed by atoms with van der Waals surface area (Å²) in [5, 5.41) is 7.04.